The number of benzene rings is 1. The Morgan fingerprint density at radius 2 is 1.72 bits per heavy atom. The predicted octanol–water partition coefficient (Wildman–Crippen LogP) is 3.50. The summed E-state index contributed by atoms with van der Waals surface area (Å²) in [6, 6.07) is 7.63. The molecule has 0 heterocycles. The SMILES string of the molecule is Cc1ccc(NC(=O)CNC(=O)CN(C(=O)CC(C)CC(C)(C)C)C2CC2)cc1. The summed E-state index contributed by atoms with van der Waals surface area (Å²) >= 11 is 0. The van der Waals surface area contributed by atoms with Crippen molar-refractivity contribution in [1.82, 2.24) is 10.2 Å². The number of amides is 3. The van der Waals surface area contributed by atoms with Crippen LogP contribution in [-0.4, -0.2) is 41.8 Å². The second-order valence-corrected chi connectivity index (χ2v) is 9.52. The Morgan fingerprint density at radius 1 is 1.10 bits per heavy atom. The van der Waals surface area contributed by atoms with Gasteiger partial charge in [-0.25, -0.2) is 0 Å². The molecule has 1 atom stereocenters. The van der Waals surface area contributed by atoms with Crippen LogP contribution in [0.25, 0.3) is 0 Å². The van der Waals surface area contributed by atoms with Crippen LogP contribution in [0.2, 0.25) is 0 Å². The molecule has 2 N–H and O–H groups in total. The Bertz CT molecular complexity index is 718. The molecule has 2 rings (SSSR count). The predicted molar refractivity (Wildman–Crippen MR) is 115 cm³/mol. The van der Waals surface area contributed by atoms with Crippen molar-refractivity contribution >= 4 is 23.4 Å². The van der Waals surface area contributed by atoms with Crippen LogP contribution in [0.15, 0.2) is 24.3 Å². The van der Waals surface area contributed by atoms with Gasteiger partial charge in [0.25, 0.3) is 0 Å². The van der Waals surface area contributed by atoms with Gasteiger partial charge in [0.2, 0.25) is 17.7 Å². The van der Waals surface area contributed by atoms with E-state index >= 15 is 0 Å². The molecule has 160 valence electrons. The topological polar surface area (TPSA) is 78.5 Å². The first kappa shape index (κ1) is 22.9. The lowest BCUT2D eigenvalue weighted by molar-refractivity contribution is -0.137. The molecule has 1 aliphatic carbocycles. The van der Waals surface area contributed by atoms with Crippen LogP contribution in [0.1, 0.15) is 58.9 Å². The largest absolute Gasteiger partial charge is 0.345 e. The van der Waals surface area contributed by atoms with E-state index in [2.05, 4.69) is 38.3 Å². The average molecular weight is 402 g/mol. The van der Waals surface area contributed by atoms with E-state index in [0.717, 1.165) is 24.8 Å². The lowest BCUT2D eigenvalue weighted by atomic mass is 9.84. The van der Waals surface area contributed by atoms with Gasteiger partial charge in [0.15, 0.2) is 0 Å². The molecule has 1 aromatic carbocycles. The molecule has 1 saturated carbocycles. The maximum Gasteiger partial charge on any atom is 0.243 e. The van der Waals surface area contributed by atoms with E-state index < -0.39 is 0 Å². The number of carbonyl (C=O) groups excluding carboxylic acids is 3. The van der Waals surface area contributed by atoms with Crippen molar-refractivity contribution in [2.24, 2.45) is 11.3 Å². The number of nitrogens with one attached hydrogen (secondary N) is 2. The summed E-state index contributed by atoms with van der Waals surface area (Å²) in [5.74, 6) is -0.284. The van der Waals surface area contributed by atoms with Crippen LogP contribution in [0, 0.1) is 18.3 Å². The molecule has 0 bridgehead atoms. The highest BCUT2D eigenvalue weighted by atomic mass is 16.2. The van der Waals surface area contributed by atoms with Crippen molar-refractivity contribution in [3.05, 3.63) is 29.8 Å². The maximum absolute atomic E-state index is 12.7. The van der Waals surface area contributed by atoms with Gasteiger partial charge in [-0.05, 0) is 49.7 Å². The lowest BCUT2D eigenvalue weighted by Gasteiger charge is -2.26. The molecule has 6 heteroatoms. The molecule has 1 fully saturated rings. The molecular formula is C23H35N3O3. The minimum atomic E-state index is -0.298. The van der Waals surface area contributed by atoms with Gasteiger partial charge in [-0.15, -0.1) is 0 Å². The van der Waals surface area contributed by atoms with Crippen LogP contribution >= 0.6 is 0 Å². The third-order valence-electron chi connectivity index (χ3n) is 4.89. The standard InChI is InChI=1S/C23H35N3O3/c1-16-6-8-18(9-7-16)25-20(27)14-24-21(28)15-26(19-10-11-19)22(29)12-17(2)13-23(3,4)5/h6-9,17,19H,10-15H2,1-5H3,(H,24,28)(H,25,27). The fraction of sp³-hybridized carbons (Fsp3) is 0.609. The van der Waals surface area contributed by atoms with E-state index in [1.165, 1.54) is 0 Å². The van der Waals surface area contributed by atoms with Crippen LogP contribution in [0.4, 0.5) is 5.69 Å². The van der Waals surface area contributed by atoms with Gasteiger partial charge in [-0.1, -0.05) is 45.4 Å². The molecule has 1 unspecified atom stereocenters. The summed E-state index contributed by atoms with van der Waals surface area (Å²) in [4.78, 5) is 38.8. The lowest BCUT2D eigenvalue weighted by Crippen LogP contribution is -2.44. The molecule has 29 heavy (non-hydrogen) atoms. The van der Waals surface area contributed by atoms with Crippen molar-refractivity contribution in [2.75, 3.05) is 18.4 Å². The molecular weight excluding hydrogens is 366 g/mol. The summed E-state index contributed by atoms with van der Waals surface area (Å²) in [6.07, 6.45) is 3.30. The van der Waals surface area contributed by atoms with E-state index in [0.29, 0.717) is 12.1 Å². The summed E-state index contributed by atoms with van der Waals surface area (Å²) in [5.41, 5.74) is 1.97. The number of rotatable bonds is 9. The van der Waals surface area contributed by atoms with Gasteiger partial charge in [-0.3, -0.25) is 14.4 Å². The molecule has 0 radical (unpaired) electrons. The third-order valence-corrected chi connectivity index (χ3v) is 4.89. The van der Waals surface area contributed by atoms with Crippen molar-refractivity contribution in [3.8, 4) is 0 Å². The first-order valence-corrected chi connectivity index (χ1v) is 10.5. The van der Waals surface area contributed by atoms with Crippen molar-refractivity contribution in [1.29, 1.82) is 0 Å². The molecule has 3 amide bonds. The van der Waals surface area contributed by atoms with Crippen molar-refractivity contribution in [3.63, 3.8) is 0 Å². The molecule has 1 aromatic rings. The fourth-order valence-corrected chi connectivity index (χ4v) is 3.57. The van der Waals surface area contributed by atoms with Crippen LogP contribution < -0.4 is 10.6 Å². The highest BCUT2D eigenvalue weighted by Gasteiger charge is 2.34. The zero-order valence-corrected chi connectivity index (χ0v) is 18.4. The molecule has 6 nitrogen and oxygen atoms in total. The smallest absolute Gasteiger partial charge is 0.243 e. The quantitative estimate of drug-likeness (QED) is 0.665. The third kappa shape index (κ3) is 8.67. The molecule has 1 aliphatic rings. The Kier molecular flexibility index (Phi) is 7.82. The van der Waals surface area contributed by atoms with Gasteiger partial charge >= 0.3 is 0 Å². The van der Waals surface area contributed by atoms with E-state index in [1.807, 2.05) is 31.2 Å². The van der Waals surface area contributed by atoms with Gasteiger partial charge in [0.1, 0.15) is 0 Å². The van der Waals surface area contributed by atoms with Gasteiger partial charge in [0, 0.05) is 18.2 Å². The second-order valence-electron chi connectivity index (χ2n) is 9.52. The summed E-state index contributed by atoms with van der Waals surface area (Å²) < 4.78 is 0. The second kappa shape index (κ2) is 9.90. The van der Waals surface area contributed by atoms with E-state index in [4.69, 9.17) is 0 Å². The number of carbonyl (C=O) groups is 3. The molecule has 0 spiro atoms. The van der Waals surface area contributed by atoms with Crippen LogP contribution in [0.3, 0.4) is 0 Å². The summed E-state index contributed by atoms with van der Waals surface area (Å²) in [6.45, 7) is 10.5. The maximum atomic E-state index is 12.7. The molecule has 0 saturated heterocycles. The Labute approximate surface area is 174 Å². The molecule has 0 aromatic heterocycles. The Hall–Kier alpha value is -2.37. The van der Waals surface area contributed by atoms with Gasteiger partial charge < -0.3 is 15.5 Å². The highest BCUT2D eigenvalue weighted by molar-refractivity contribution is 5.95. The van der Waals surface area contributed by atoms with Crippen molar-refractivity contribution < 1.29 is 14.4 Å². The highest BCUT2D eigenvalue weighted by Crippen LogP contribution is 2.30. The summed E-state index contributed by atoms with van der Waals surface area (Å²) in [7, 11) is 0. The van der Waals surface area contributed by atoms with Gasteiger partial charge in [0.05, 0.1) is 13.1 Å². The number of anilines is 1. The number of hydrogen-bond acceptors (Lipinski definition) is 3. The fourth-order valence-electron chi connectivity index (χ4n) is 3.57. The summed E-state index contributed by atoms with van der Waals surface area (Å²) in [5, 5.41) is 5.38. The minimum Gasteiger partial charge on any atom is -0.345 e. The number of nitrogens with zero attached hydrogens (tertiary/aromatic N) is 1. The van der Waals surface area contributed by atoms with E-state index in [9.17, 15) is 14.4 Å². The van der Waals surface area contributed by atoms with Crippen molar-refractivity contribution in [2.45, 2.75) is 66.3 Å². The zero-order chi connectivity index (χ0) is 21.6. The first-order valence-electron chi connectivity index (χ1n) is 10.5. The normalized spacial score (nSPS) is 14.8. The first-order chi connectivity index (χ1) is 13.5. The minimum absolute atomic E-state index is 0.0174. The van der Waals surface area contributed by atoms with E-state index in [1.54, 1.807) is 4.90 Å². The van der Waals surface area contributed by atoms with E-state index in [-0.39, 0.29) is 48.2 Å². The zero-order valence-electron chi connectivity index (χ0n) is 18.4. The monoisotopic (exact) mass is 401 g/mol. The Balaban J connectivity index is 1.79. The molecule has 0 aliphatic heterocycles. The average Bonchev–Trinajstić information content (AvgIpc) is 3.43. The van der Waals surface area contributed by atoms with Crippen LogP contribution in [0.5, 0.6) is 0 Å². The number of hydrogen-bond donors (Lipinski definition) is 2. The van der Waals surface area contributed by atoms with Gasteiger partial charge in [-0.2, -0.15) is 0 Å². The van der Waals surface area contributed by atoms with Crippen LogP contribution in [-0.2, 0) is 14.4 Å². The number of aryl methyl sites for hydroxylation is 1. The Morgan fingerprint density at radius 3 is 2.28 bits per heavy atom.